The van der Waals surface area contributed by atoms with Crippen LogP contribution in [0.4, 0.5) is 0 Å². The lowest BCUT2D eigenvalue weighted by Crippen LogP contribution is -2.58. The predicted molar refractivity (Wildman–Crippen MR) is 117 cm³/mol. The number of aromatic nitrogens is 4. The highest BCUT2D eigenvalue weighted by Crippen LogP contribution is 2.10. The number of nitrogens with zero attached hydrogens (tertiary/aromatic N) is 2. The van der Waals surface area contributed by atoms with Crippen LogP contribution in [0.1, 0.15) is 31.7 Å². The van der Waals surface area contributed by atoms with Crippen LogP contribution in [-0.2, 0) is 32.0 Å². The van der Waals surface area contributed by atoms with Crippen molar-refractivity contribution in [2.24, 2.45) is 11.7 Å². The van der Waals surface area contributed by atoms with Gasteiger partial charge in [-0.1, -0.05) is 20.3 Å². The normalized spacial score (nSPS) is 14.5. The van der Waals surface area contributed by atoms with E-state index < -0.39 is 41.8 Å². The van der Waals surface area contributed by atoms with Crippen molar-refractivity contribution >= 4 is 23.7 Å². The molecule has 4 unspecified atom stereocenters. The van der Waals surface area contributed by atoms with Crippen LogP contribution in [0.2, 0.25) is 0 Å². The molecule has 3 amide bonds. The molecule has 0 radical (unpaired) electrons. The van der Waals surface area contributed by atoms with Crippen molar-refractivity contribution in [1.82, 2.24) is 35.9 Å². The second kappa shape index (κ2) is 12.3. The third-order valence-corrected chi connectivity index (χ3v) is 5.20. The van der Waals surface area contributed by atoms with Crippen LogP contribution < -0.4 is 21.7 Å². The summed E-state index contributed by atoms with van der Waals surface area (Å²) in [6.07, 6.45) is 6.39. The van der Waals surface area contributed by atoms with Gasteiger partial charge in [0.25, 0.3) is 0 Å². The maximum atomic E-state index is 13.0. The fraction of sp³-hybridized carbons (Fsp3) is 0.500. The minimum absolute atomic E-state index is 0.0200. The average molecular weight is 463 g/mol. The van der Waals surface area contributed by atoms with Crippen molar-refractivity contribution in [3.8, 4) is 0 Å². The summed E-state index contributed by atoms with van der Waals surface area (Å²) in [4.78, 5) is 62.9. The minimum Gasteiger partial charge on any atom is -0.480 e. The lowest BCUT2D eigenvalue weighted by Gasteiger charge is -2.27. The molecule has 0 fully saturated rings. The molecule has 2 aromatic heterocycles. The first-order valence-electron chi connectivity index (χ1n) is 10.5. The number of amides is 3. The van der Waals surface area contributed by atoms with Crippen LogP contribution in [0, 0.1) is 5.92 Å². The summed E-state index contributed by atoms with van der Waals surface area (Å²) >= 11 is 0. The summed E-state index contributed by atoms with van der Waals surface area (Å²) in [7, 11) is 0. The van der Waals surface area contributed by atoms with Gasteiger partial charge in [-0.25, -0.2) is 14.8 Å². The van der Waals surface area contributed by atoms with E-state index in [4.69, 9.17) is 5.73 Å². The Hall–Kier alpha value is -3.74. The lowest BCUT2D eigenvalue weighted by molar-refractivity contribution is -0.142. The van der Waals surface area contributed by atoms with E-state index in [9.17, 15) is 24.3 Å². The number of H-pyrrole nitrogens is 2. The monoisotopic (exact) mass is 462 g/mol. The van der Waals surface area contributed by atoms with Crippen molar-refractivity contribution < 1.29 is 24.3 Å². The highest BCUT2D eigenvalue weighted by atomic mass is 16.4. The van der Waals surface area contributed by atoms with Gasteiger partial charge in [-0.05, 0) is 5.92 Å². The zero-order valence-electron chi connectivity index (χ0n) is 18.5. The number of hydrogen-bond donors (Lipinski definition) is 7. The van der Waals surface area contributed by atoms with E-state index in [0.29, 0.717) is 17.8 Å². The quantitative estimate of drug-likeness (QED) is 0.185. The van der Waals surface area contributed by atoms with Gasteiger partial charge in [0.2, 0.25) is 17.7 Å². The topological polar surface area (TPSA) is 208 Å². The fourth-order valence-electron chi connectivity index (χ4n) is 3.11. The third-order valence-electron chi connectivity index (χ3n) is 5.20. The molecule has 8 N–H and O–H groups in total. The Labute approximate surface area is 190 Å². The van der Waals surface area contributed by atoms with Gasteiger partial charge in [-0.15, -0.1) is 0 Å². The van der Waals surface area contributed by atoms with E-state index in [0.717, 1.165) is 0 Å². The van der Waals surface area contributed by atoms with Gasteiger partial charge in [0.15, 0.2) is 0 Å². The van der Waals surface area contributed by atoms with Gasteiger partial charge in [0, 0.05) is 36.6 Å². The van der Waals surface area contributed by atoms with E-state index in [1.165, 1.54) is 25.0 Å². The van der Waals surface area contributed by atoms with Gasteiger partial charge in [-0.3, -0.25) is 14.4 Å². The molecule has 2 rings (SSSR count). The summed E-state index contributed by atoms with van der Waals surface area (Å²) < 4.78 is 0. The summed E-state index contributed by atoms with van der Waals surface area (Å²) in [5.74, 6) is -3.25. The number of aromatic amines is 2. The standard InChI is InChI=1S/C20H30N8O5/c1-3-11(2)17(28-16(29)6-21)19(31)26-14(4-12-7-22-9-24-12)18(30)27-15(20(32)33)5-13-8-23-10-25-13/h7-11,14-15,17H,3-6,21H2,1-2H3,(H,22,24)(H,23,25)(H,26,31)(H,27,30)(H,28,29)(H,32,33). The molecular weight excluding hydrogens is 432 g/mol. The van der Waals surface area contributed by atoms with Crippen LogP contribution in [-0.4, -0.2) is 73.4 Å². The molecule has 0 aliphatic carbocycles. The predicted octanol–water partition coefficient (Wildman–Crippen LogP) is -1.54. The number of carbonyl (C=O) groups excluding carboxylic acids is 3. The molecule has 0 saturated heterocycles. The van der Waals surface area contributed by atoms with Crippen LogP contribution in [0.3, 0.4) is 0 Å². The second-order valence-electron chi connectivity index (χ2n) is 7.66. The number of hydrogen-bond acceptors (Lipinski definition) is 7. The van der Waals surface area contributed by atoms with Crippen LogP contribution in [0.25, 0.3) is 0 Å². The smallest absolute Gasteiger partial charge is 0.326 e. The van der Waals surface area contributed by atoms with Crippen molar-refractivity contribution in [3.05, 3.63) is 36.4 Å². The number of carbonyl (C=O) groups is 4. The maximum absolute atomic E-state index is 13.0. The zero-order chi connectivity index (χ0) is 24.4. The van der Waals surface area contributed by atoms with Gasteiger partial charge in [0.05, 0.1) is 19.2 Å². The molecular formula is C20H30N8O5. The molecule has 13 nitrogen and oxygen atoms in total. The van der Waals surface area contributed by atoms with Crippen molar-refractivity contribution in [1.29, 1.82) is 0 Å². The summed E-state index contributed by atoms with van der Waals surface area (Å²) in [5.41, 5.74) is 6.44. The van der Waals surface area contributed by atoms with E-state index >= 15 is 0 Å². The van der Waals surface area contributed by atoms with Gasteiger partial charge >= 0.3 is 5.97 Å². The number of aliphatic carboxylic acids is 1. The Kier molecular flexibility index (Phi) is 9.54. The minimum atomic E-state index is -1.25. The first-order valence-corrected chi connectivity index (χ1v) is 10.5. The van der Waals surface area contributed by atoms with E-state index in [2.05, 4.69) is 35.9 Å². The maximum Gasteiger partial charge on any atom is 0.326 e. The number of carboxylic acids is 1. The zero-order valence-corrected chi connectivity index (χ0v) is 18.5. The van der Waals surface area contributed by atoms with Crippen LogP contribution in [0.5, 0.6) is 0 Å². The van der Waals surface area contributed by atoms with Gasteiger partial charge in [-0.2, -0.15) is 0 Å². The molecule has 0 spiro atoms. The van der Waals surface area contributed by atoms with Gasteiger partial charge in [0.1, 0.15) is 18.1 Å². The number of carboxylic acid groups (broad SMARTS) is 1. The first kappa shape index (κ1) is 25.5. The van der Waals surface area contributed by atoms with Crippen molar-refractivity contribution in [2.75, 3.05) is 6.54 Å². The molecule has 2 heterocycles. The average Bonchev–Trinajstić information content (AvgIpc) is 3.49. The molecule has 13 heteroatoms. The Morgan fingerprint density at radius 1 is 0.970 bits per heavy atom. The summed E-state index contributed by atoms with van der Waals surface area (Å²) in [6.45, 7) is 3.36. The molecule has 0 aliphatic heterocycles. The molecule has 0 aliphatic rings. The van der Waals surface area contributed by atoms with E-state index in [-0.39, 0.29) is 25.3 Å². The highest BCUT2D eigenvalue weighted by molar-refractivity contribution is 5.93. The Balaban J connectivity index is 2.19. The number of imidazole rings is 2. The van der Waals surface area contributed by atoms with E-state index in [1.807, 2.05) is 6.92 Å². The van der Waals surface area contributed by atoms with Gasteiger partial charge < -0.3 is 36.8 Å². The number of nitrogens with two attached hydrogens (primary N) is 1. The lowest BCUT2D eigenvalue weighted by atomic mass is 9.97. The highest BCUT2D eigenvalue weighted by Gasteiger charge is 2.32. The first-order chi connectivity index (χ1) is 15.7. The molecule has 4 atom stereocenters. The van der Waals surface area contributed by atoms with Crippen molar-refractivity contribution in [3.63, 3.8) is 0 Å². The summed E-state index contributed by atoms with van der Waals surface area (Å²) in [5, 5.41) is 17.2. The molecule has 0 aromatic carbocycles. The number of nitrogens with one attached hydrogen (secondary N) is 5. The number of rotatable bonds is 13. The Morgan fingerprint density at radius 3 is 1.97 bits per heavy atom. The Morgan fingerprint density at radius 2 is 1.52 bits per heavy atom. The fourth-order valence-corrected chi connectivity index (χ4v) is 3.11. The SMILES string of the molecule is CCC(C)C(NC(=O)CN)C(=O)NC(Cc1cnc[nH]1)C(=O)NC(Cc1cnc[nH]1)C(=O)O. The second-order valence-corrected chi connectivity index (χ2v) is 7.66. The van der Waals surface area contributed by atoms with Crippen LogP contribution in [0.15, 0.2) is 25.0 Å². The molecule has 0 saturated carbocycles. The van der Waals surface area contributed by atoms with Crippen molar-refractivity contribution in [2.45, 2.75) is 51.2 Å². The molecule has 0 bridgehead atoms. The molecule has 33 heavy (non-hydrogen) atoms. The third kappa shape index (κ3) is 7.71. The van der Waals surface area contributed by atoms with Crippen LogP contribution >= 0.6 is 0 Å². The largest absolute Gasteiger partial charge is 0.480 e. The molecule has 180 valence electrons. The molecule has 2 aromatic rings. The van der Waals surface area contributed by atoms with E-state index in [1.54, 1.807) is 6.92 Å². The Bertz CT molecular complexity index is 915. The summed E-state index contributed by atoms with van der Waals surface area (Å²) in [6, 6.07) is -3.28.